The molecule has 0 aliphatic carbocycles. The van der Waals surface area contributed by atoms with Gasteiger partial charge in [-0.15, -0.1) is 11.8 Å². The van der Waals surface area contributed by atoms with Crippen LogP contribution in [0.3, 0.4) is 0 Å². The van der Waals surface area contributed by atoms with Gasteiger partial charge in [-0.2, -0.15) is 0 Å². The highest BCUT2D eigenvalue weighted by Gasteiger charge is 2.58. The van der Waals surface area contributed by atoms with Crippen molar-refractivity contribution >= 4 is 23.6 Å². The van der Waals surface area contributed by atoms with Gasteiger partial charge in [0.1, 0.15) is 5.70 Å². The van der Waals surface area contributed by atoms with Gasteiger partial charge < -0.3 is 15.1 Å². The molecule has 1 aromatic heterocycles. The molecule has 6 nitrogen and oxygen atoms in total. The van der Waals surface area contributed by atoms with Crippen LogP contribution < -0.4 is 0 Å². The fourth-order valence-corrected chi connectivity index (χ4v) is 4.35. The number of pyridine rings is 1. The molecule has 0 spiro atoms. The molecule has 0 bridgehead atoms. The van der Waals surface area contributed by atoms with E-state index in [2.05, 4.69) is 4.98 Å². The lowest BCUT2D eigenvalue weighted by molar-refractivity contribution is -0.158. The number of carboxylic acid groups (broad SMARTS) is 1. The Morgan fingerprint density at radius 1 is 1.50 bits per heavy atom. The van der Waals surface area contributed by atoms with Gasteiger partial charge in [0.2, 0.25) is 5.91 Å². The van der Waals surface area contributed by atoms with Crippen LogP contribution in [0, 0.1) is 11.8 Å². The summed E-state index contributed by atoms with van der Waals surface area (Å²) in [5.74, 6) is -1.35. The summed E-state index contributed by atoms with van der Waals surface area (Å²) >= 11 is 1.43. The van der Waals surface area contributed by atoms with E-state index < -0.39 is 11.9 Å². The molecule has 3 rings (SSSR count). The third kappa shape index (κ3) is 2.21. The fourth-order valence-electron chi connectivity index (χ4n) is 3.13. The normalized spacial score (nSPS) is 26.9. The Labute approximate surface area is 131 Å². The van der Waals surface area contributed by atoms with Gasteiger partial charge in [0.25, 0.3) is 0 Å². The number of aliphatic carboxylic acids is 1. The smallest absolute Gasteiger partial charge is 0.353 e. The summed E-state index contributed by atoms with van der Waals surface area (Å²) in [6.07, 6.45) is 3.43. The lowest BCUT2D eigenvalue weighted by atomic mass is 9.83. The zero-order chi connectivity index (χ0) is 15.9. The zero-order valence-corrected chi connectivity index (χ0v) is 12.8. The fraction of sp³-hybridized carbons (Fsp3) is 0.400. The second-order valence-electron chi connectivity index (χ2n) is 5.44. The number of aliphatic hydroxyl groups excluding tert-OH is 1. The minimum absolute atomic E-state index is 0.0705. The maximum Gasteiger partial charge on any atom is 0.353 e. The summed E-state index contributed by atoms with van der Waals surface area (Å²) < 4.78 is 0. The number of aromatic nitrogens is 1. The number of carbonyl (C=O) groups is 2. The predicted octanol–water partition coefficient (Wildman–Crippen LogP) is 1.08. The van der Waals surface area contributed by atoms with Crippen LogP contribution in [0.2, 0.25) is 0 Å². The standard InChI is InChI=1S/C15H16N2O4S/c1-8-11-10(6-18)14(19)17(11)12(15(20)21)13(8)22-7-9-3-2-4-16-5-9/h2-5,8,10-11,18H,6-7H2,1H3,(H,20,21)/t8-,10-,11-/m1/s1. The molecule has 1 saturated heterocycles. The van der Waals surface area contributed by atoms with Crippen molar-refractivity contribution in [2.24, 2.45) is 11.8 Å². The number of rotatable bonds is 5. The van der Waals surface area contributed by atoms with Crippen LogP contribution in [-0.2, 0) is 15.3 Å². The summed E-state index contributed by atoms with van der Waals surface area (Å²) in [6.45, 7) is 1.67. The highest BCUT2D eigenvalue weighted by atomic mass is 32.2. The highest BCUT2D eigenvalue weighted by molar-refractivity contribution is 8.02. The van der Waals surface area contributed by atoms with Gasteiger partial charge >= 0.3 is 5.97 Å². The number of thioether (sulfide) groups is 1. The van der Waals surface area contributed by atoms with Gasteiger partial charge in [-0.05, 0) is 11.6 Å². The molecule has 0 aromatic carbocycles. The van der Waals surface area contributed by atoms with Crippen molar-refractivity contribution in [2.75, 3.05) is 6.61 Å². The van der Waals surface area contributed by atoms with Gasteiger partial charge in [-0.3, -0.25) is 9.78 Å². The first-order valence-electron chi connectivity index (χ1n) is 6.99. The lowest BCUT2D eigenvalue weighted by Gasteiger charge is -2.44. The molecule has 116 valence electrons. The molecule has 2 N–H and O–H groups in total. The molecule has 2 aliphatic heterocycles. The van der Waals surface area contributed by atoms with Crippen LogP contribution >= 0.6 is 11.8 Å². The van der Waals surface area contributed by atoms with E-state index in [0.717, 1.165) is 5.56 Å². The Morgan fingerprint density at radius 2 is 2.27 bits per heavy atom. The van der Waals surface area contributed by atoms with Crippen molar-refractivity contribution in [3.63, 3.8) is 0 Å². The Balaban J connectivity index is 1.85. The van der Waals surface area contributed by atoms with E-state index in [9.17, 15) is 19.8 Å². The topological polar surface area (TPSA) is 90.7 Å². The van der Waals surface area contributed by atoms with E-state index in [-0.39, 0.29) is 30.2 Å². The Hall–Kier alpha value is -1.86. The highest BCUT2D eigenvalue weighted by Crippen LogP contribution is 2.49. The minimum Gasteiger partial charge on any atom is -0.477 e. The molecule has 0 saturated carbocycles. The number of β-lactam (4-membered cyclic amide) rings is 1. The molecular weight excluding hydrogens is 304 g/mol. The van der Waals surface area contributed by atoms with Crippen molar-refractivity contribution in [1.82, 2.24) is 9.88 Å². The average Bonchev–Trinajstić information content (AvgIpc) is 2.76. The first kappa shape index (κ1) is 15.1. The van der Waals surface area contributed by atoms with Crippen LogP contribution in [0.25, 0.3) is 0 Å². The first-order valence-corrected chi connectivity index (χ1v) is 7.98. The van der Waals surface area contributed by atoms with Gasteiger partial charge in [-0.1, -0.05) is 13.0 Å². The molecule has 2 aliphatic rings. The van der Waals surface area contributed by atoms with Crippen LogP contribution in [0.4, 0.5) is 0 Å². The van der Waals surface area contributed by atoms with Crippen LogP contribution in [0.5, 0.6) is 0 Å². The molecule has 1 amide bonds. The molecule has 3 heterocycles. The summed E-state index contributed by atoms with van der Waals surface area (Å²) in [5, 5.41) is 18.8. The molecular formula is C15H16N2O4S. The summed E-state index contributed by atoms with van der Waals surface area (Å²) in [5.41, 5.74) is 1.07. The second kappa shape index (κ2) is 5.73. The lowest BCUT2D eigenvalue weighted by Crippen LogP contribution is -2.61. The van der Waals surface area contributed by atoms with Crippen LogP contribution in [-0.4, -0.2) is 44.6 Å². The van der Waals surface area contributed by atoms with Gasteiger partial charge in [0, 0.05) is 29.0 Å². The molecule has 7 heteroatoms. The van der Waals surface area contributed by atoms with Crippen molar-refractivity contribution in [3.8, 4) is 0 Å². The van der Waals surface area contributed by atoms with E-state index in [1.807, 2.05) is 19.1 Å². The van der Waals surface area contributed by atoms with Gasteiger partial charge in [0.05, 0.1) is 18.6 Å². The van der Waals surface area contributed by atoms with Crippen molar-refractivity contribution in [1.29, 1.82) is 0 Å². The van der Waals surface area contributed by atoms with Crippen LogP contribution in [0.15, 0.2) is 35.1 Å². The van der Waals surface area contributed by atoms with E-state index in [1.54, 1.807) is 12.4 Å². The average molecular weight is 320 g/mol. The van der Waals surface area contributed by atoms with E-state index in [4.69, 9.17) is 0 Å². The number of carbonyl (C=O) groups excluding carboxylic acids is 1. The second-order valence-corrected chi connectivity index (χ2v) is 6.46. The van der Waals surface area contributed by atoms with E-state index in [1.165, 1.54) is 16.7 Å². The maximum atomic E-state index is 12.0. The van der Waals surface area contributed by atoms with Crippen molar-refractivity contribution < 1.29 is 19.8 Å². The third-order valence-corrected chi connectivity index (χ3v) is 5.54. The monoisotopic (exact) mass is 320 g/mol. The Bertz CT molecular complexity index is 646. The molecule has 0 unspecified atom stereocenters. The number of carboxylic acids is 1. The third-order valence-electron chi connectivity index (χ3n) is 4.18. The van der Waals surface area contributed by atoms with Gasteiger partial charge in [-0.25, -0.2) is 4.79 Å². The predicted molar refractivity (Wildman–Crippen MR) is 80.6 cm³/mol. The quantitative estimate of drug-likeness (QED) is 0.789. The van der Waals surface area contributed by atoms with Crippen molar-refractivity contribution in [2.45, 2.75) is 18.7 Å². The SMILES string of the molecule is C[C@H]1C(SCc2cccnc2)=C(C(=O)O)N2C(=O)[C@H](CO)[C@@H]12. The van der Waals surface area contributed by atoms with E-state index in [0.29, 0.717) is 10.7 Å². The molecule has 1 fully saturated rings. The number of fused-ring (bicyclic) bond motifs is 1. The van der Waals surface area contributed by atoms with E-state index >= 15 is 0 Å². The molecule has 0 radical (unpaired) electrons. The Kier molecular flexibility index (Phi) is 3.92. The first-order chi connectivity index (χ1) is 10.6. The molecule has 1 aromatic rings. The van der Waals surface area contributed by atoms with Gasteiger partial charge in [0.15, 0.2) is 0 Å². The zero-order valence-electron chi connectivity index (χ0n) is 12.0. The maximum absolute atomic E-state index is 12.0. The number of hydrogen-bond acceptors (Lipinski definition) is 5. The summed E-state index contributed by atoms with van der Waals surface area (Å²) in [4.78, 5) is 29.6. The van der Waals surface area contributed by atoms with Crippen LogP contribution in [0.1, 0.15) is 12.5 Å². The number of nitrogens with zero attached hydrogens (tertiary/aromatic N) is 2. The summed E-state index contributed by atoms with van der Waals surface area (Å²) in [6, 6.07) is 3.52. The minimum atomic E-state index is -1.09. The number of amides is 1. The molecule has 3 atom stereocenters. The largest absolute Gasteiger partial charge is 0.477 e. The molecule has 22 heavy (non-hydrogen) atoms. The number of aliphatic hydroxyl groups is 1. The summed E-state index contributed by atoms with van der Waals surface area (Å²) in [7, 11) is 0. The Morgan fingerprint density at radius 3 is 2.86 bits per heavy atom. The van der Waals surface area contributed by atoms with Crippen molar-refractivity contribution in [3.05, 3.63) is 40.7 Å². The number of hydrogen-bond donors (Lipinski definition) is 2.